The Morgan fingerprint density at radius 1 is 0.932 bits per heavy atom. The highest BCUT2D eigenvalue weighted by Crippen LogP contribution is 2.37. The number of urea groups is 1. The van der Waals surface area contributed by atoms with Crippen LogP contribution in [-0.2, 0) is 19.2 Å². The Hall–Kier alpha value is -2.30. The highest BCUT2D eigenvalue weighted by molar-refractivity contribution is 8.00. The molecule has 1 heterocycles. The lowest BCUT2D eigenvalue weighted by atomic mass is 9.83. The van der Waals surface area contributed by atoms with Crippen molar-refractivity contribution in [1.82, 2.24) is 20.9 Å². The van der Waals surface area contributed by atoms with Gasteiger partial charge < -0.3 is 26.6 Å². The first-order valence-corrected chi connectivity index (χ1v) is 17.5. The third-order valence-corrected chi connectivity index (χ3v) is 10.9. The second kappa shape index (κ2) is 14.4. The molecule has 3 fully saturated rings. The molecule has 5 N–H and O–H groups in total. The van der Waals surface area contributed by atoms with Crippen LogP contribution in [0.25, 0.3) is 0 Å². The van der Waals surface area contributed by atoms with Crippen molar-refractivity contribution in [2.45, 2.75) is 142 Å². The van der Waals surface area contributed by atoms with E-state index >= 15 is 0 Å². The number of carbonyl (C=O) groups excluding carboxylic acids is 5. The second-order valence-corrected chi connectivity index (χ2v) is 17.6. The van der Waals surface area contributed by atoms with Gasteiger partial charge in [-0.25, -0.2) is 4.79 Å². The molecule has 0 aromatic carbocycles. The standard InChI is InChI=1S/C33H57N5O5S/c1-20(2)22-14-17-38(24(22)28(41)35-23(18-21-12-13-21)25(39)27(34)40)29(42)26(31(3,4)5)36-30(43)37-33(15-10-9-11-16-33)19-44-32(6,7)8/h20-24,26H,9-19H2,1-8H3,(H2,34,40)(H,35,41)(H2,36,37,43)/t22?,23?,24-,26+/m0/s1. The van der Waals surface area contributed by atoms with E-state index in [1.807, 2.05) is 46.4 Å². The van der Waals surface area contributed by atoms with Crippen molar-refractivity contribution in [3.8, 4) is 0 Å². The van der Waals surface area contributed by atoms with Crippen molar-refractivity contribution in [2.24, 2.45) is 28.9 Å². The van der Waals surface area contributed by atoms with Gasteiger partial charge >= 0.3 is 6.03 Å². The summed E-state index contributed by atoms with van der Waals surface area (Å²) in [6, 6.07) is -3.08. The SMILES string of the molecule is CC(C)C1CCN(C(=O)[C@@H](NC(=O)NC2(CSC(C)(C)C)CCCCC2)C(C)(C)C)[C@@H]1C(=O)NC(CC1CC1)C(=O)C(N)=O. The van der Waals surface area contributed by atoms with Crippen LogP contribution in [0.15, 0.2) is 0 Å². The second-order valence-electron chi connectivity index (χ2n) is 15.8. The molecule has 3 rings (SSSR count). The van der Waals surface area contributed by atoms with Gasteiger partial charge in [-0.3, -0.25) is 19.2 Å². The predicted octanol–water partition coefficient (Wildman–Crippen LogP) is 4.15. The summed E-state index contributed by atoms with van der Waals surface area (Å²) in [7, 11) is 0. The highest BCUT2D eigenvalue weighted by Gasteiger charge is 2.48. The van der Waals surface area contributed by atoms with Gasteiger partial charge in [-0.15, -0.1) is 0 Å². The molecule has 44 heavy (non-hydrogen) atoms. The van der Waals surface area contributed by atoms with Crippen molar-refractivity contribution < 1.29 is 24.0 Å². The summed E-state index contributed by atoms with van der Waals surface area (Å²) in [5.74, 6) is -1.64. The summed E-state index contributed by atoms with van der Waals surface area (Å²) >= 11 is 1.84. The van der Waals surface area contributed by atoms with E-state index in [9.17, 15) is 24.0 Å². The first-order chi connectivity index (χ1) is 20.3. The van der Waals surface area contributed by atoms with Gasteiger partial charge in [0, 0.05) is 17.0 Å². The minimum atomic E-state index is -1.07. The molecule has 0 aromatic rings. The molecule has 0 radical (unpaired) electrons. The van der Waals surface area contributed by atoms with Crippen molar-refractivity contribution in [1.29, 1.82) is 0 Å². The number of likely N-dealkylation sites (tertiary alicyclic amines) is 1. The maximum Gasteiger partial charge on any atom is 0.315 e. The molecule has 1 saturated heterocycles. The summed E-state index contributed by atoms with van der Waals surface area (Å²) in [5.41, 5.74) is 4.34. The molecular formula is C33H57N5O5S. The average Bonchev–Trinajstić information content (AvgIpc) is 3.62. The number of primary amides is 1. The Kier molecular flexibility index (Phi) is 11.9. The maximum absolute atomic E-state index is 14.3. The van der Waals surface area contributed by atoms with Gasteiger partial charge in [0.25, 0.3) is 5.91 Å². The van der Waals surface area contributed by atoms with Crippen molar-refractivity contribution in [3.05, 3.63) is 0 Å². The summed E-state index contributed by atoms with van der Waals surface area (Å²) in [5, 5.41) is 9.10. The minimum absolute atomic E-state index is 0.0600. The van der Waals surface area contributed by atoms with Gasteiger partial charge in [-0.05, 0) is 48.9 Å². The van der Waals surface area contributed by atoms with Crippen LogP contribution in [0.1, 0.15) is 113 Å². The van der Waals surface area contributed by atoms with E-state index in [1.165, 1.54) is 0 Å². The summed E-state index contributed by atoms with van der Waals surface area (Å²) in [4.78, 5) is 67.8. The van der Waals surface area contributed by atoms with Crippen LogP contribution in [0.4, 0.5) is 4.79 Å². The van der Waals surface area contributed by atoms with Crippen molar-refractivity contribution >= 4 is 41.3 Å². The van der Waals surface area contributed by atoms with E-state index in [0.717, 1.165) is 50.7 Å². The van der Waals surface area contributed by atoms with E-state index < -0.39 is 41.1 Å². The summed E-state index contributed by atoms with van der Waals surface area (Å²) in [6.07, 6.45) is 7.91. The Balaban J connectivity index is 1.81. The molecule has 250 valence electrons. The molecule has 5 amide bonds. The smallest absolute Gasteiger partial charge is 0.315 e. The fourth-order valence-electron chi connectivity index (χ4n) is 6.56. The number of nitrogens with one attached hydrogen (secondary N) is 3. The lowest BCUT2D eigenvalue weighted by molar-refractivity contribution is -0.144. The molecule has 0 bridgehead atoms. The van der Waals surface area contributed by atoms with Gasteiger partial charge in [0.2, 0.25) is 17.6 Å². The normalized spacial score (nSPS) is 23.5. The zero-order chi connectivity index (χ0) is 33.0. The van der Waals surface area contributed by atoms with Crippen LogP contribution in [0, 0.1) is 23.2 Å². The molecule has 0 aromatic heterocycles. The number of hydrogen-bond donors (Lipinski definition) is 4. The Bertz CT molecular complexity index is 1070. The highest BCUT2D eigenvalue weighted by atomic mass is 32.2. The number of Topliss-reactive ketones (excluding diaryl/α,β-unsaturated/α-hetero) is 1. The third kappa shape index (κ3) is 9.85. The Morgan fingerprint density at radius 2 is 1.55 bits per heavy atom. The van der Waals surface area contributed by atoms with Gasteiger partial charge in [0.1, 0.15) is 12.1 Å². The monoisotopic (exact) mass is 635 g/mol. The number of nitrogens with two attached hydrogens (primary N) is 1. The van der Waals surface area contributed by atoms with Crippen LogP contribution in [0.3, 0.4) is 0 Å². The first-order valence-electron chi connectivity index (χ1n) is 16.5. The molecule has 3 aliphatic rings. The average molecular weight is 636 g/mol. The van der Waals surface area contributed by atoms with Crippen LogP contribution < -0.4 is 21.7 Å². The van der Waals surface area contributed by atoms with E-state index in [2.05, 4.69) is 36.7 Å². The van der Waals surface area contributed by atoms with Crippen LogP contribution >= 0.6 is 11.8 Å². The maximum atomic E-state index is 14.3. The van der Waals surface area contributed by atoms with Crippen molar-refractivity contribution in [3.63, 3.8) is 0 Å². The van der Waals surface area contributed by atoms with E-state index in [0.29, 0.717) is 19.4 Å². The number of rotatable bonds is 12. The lowest BCUT2D eigenvalue weighted by Gasteiger charge is -2.41. The predicted molar refractivity (Wildman–Crippen MR) is 175 cm³/mol. The summed E-state index contributed by atoms with van der Waals surface area (Å²) < 4.78 is 0.0600. The molecule has 2 aliphatic carbocycles. The number of thioether (sulfide) groups is 1. The molecule has 11 heteroatoms. The first kappa shape index (κ1) is 36.2. The fraction of sp³-hybridized carbons (Fsp3) is 0.848. The zero-order valence-corrected chi connectivity index (χ0v) is 29.0. The molecule has 0 spiro atoms. The number of ketones is 1. The van der Waals surface area contributed by atoms with Gasteiger partial charge in [0.15, 0.2) is 0 Å². The minimum Gasteiger partial charge on any atom is -0.363 e. The Labute approximate surface area is 268 Å². The molecule has 1 aliphatic heterocycles. The third-order valence-electron chi connectivity index (χ3n) is 9.35. The molecule has 4 atom stereocenters. The molecule has 10 nitrogen and oxygen atoms in total. The van der Waals surface area contributed by atoms with E-state index in [-0.39, 0.29) is 40.0 Å². The van der Waals surface area contributed by atoms with E-state index in [4.69, 9.17) is 5.73 Å². The number of carbonyl (C=O) groups is 5. The fourth-order valence-corrected chi connectivity index (χ4v) is 7.63. The zero-order valence-electron chi connectivity index (χ0n) is 28.2. The molecule has 2 unspecified atom stereocenters. The van der Waals surface area contributed by atoms with Gasteiger partial charge in [-0.1, -0.05) is 87.5 Å². The van der Waals surface area contributed by atoms with Crippen LogP contribution in [0.5, 0.6) is 0 Å². The number of nitrogens with zero attached hydrogens (tertiary/aromatic N) is 1. The largest absolute Gasteiger partial charge is 0.363 e. The van der Waals surface area contributed by atoms with Gasteiger partial charge in [-0.2, -0.15) is 11.8 Å². The summed E-state index contributed by atoms with van der Waals surface area (Å²) in [6.45, 7) is 16.6. The van der Waals surface area contributed by atoms with E-state index in [1.54, 1.807) is 4.90 Å². The van der Waals surface area contributed by atoms with Crippen LogP contribution in [-0.4, -0.2) is 75.1 Å². The Morgan fingerprint density at radius 3 is 2.05 bits per heavy atom. The van der Waals surface area contributed by atoms with Crippen molar-refractivity contribution in [2.75, 3.05) is 12.3 Å². The number of hydrogen-bond acceptors (Lipinski definition) is 6. The topological polar surface area (TPSA) is 151 Å². The lowest BCUT2D eigenvalue weighted by Crippen LogP contribution is -2.63. The molecule has 2 saturated carbocycles. The quantitative estimate of drug-likeness (QED) is 0.237. The number of amides is 5. The molecular weight excluding hydrogens is 578 g/mol. The van der Waals surface area contributed by atoms with Crippen LogP contribution in [0.2, 0.25) is 0 Å². The van der Waals surface area contributed by atoms with Gasteiger partial charge in [0.05, 0.1) is 11.6 Å².